The van der Waals surface area contributed by atoms with E-state index in [-0.39, 0.29) is 16.0 Å². The molecule has 7 nitrogen and oxygen atoms in total. The number of nitrogens with two attached hydrogens (primary N) is 1. The Morgan fingerprint density at radius 1 is 1.12 bits per heavy atom. The third-order valence-corrected chi connectivity index (χ3v) is 5.30. The number of para-hydroxylation sites is 1. The number of nitrogen functional groups attached to an aromatic ring is 1. The van der Waals surface area contributed by atoms with Gasteiger partial charge in [-0.25, -0.2) is 19.3 Å². The van der Waals surface area contributed by atoms with Crippen LogP contribution in [0.25, 0.3) is 27.6 Å². The molecule has 0 spiro atoms. The molecule has 0 amide bonds. The highest BCUT2D eigenvalue weighted by atomic mass is 35.5. The van der Waals surface area contributed by atoms with Crippen molar-refractivity contribution < 1.29 is 4.39 Å². The number of benzene rings is 2. The summed E-state index contributed by atoms with van der Waals surface area (Å²) in [6, 6.07) is 14.2. The first kappa shape index (κ1) is 21.5. The Balaban J connectivity index is 0.000000203. The van der Waals surface area contributed by atoms with E-state index < -0.39 is 5.82 Å². The van der Waals surface area contributed by atoms with E-state index in [2.05, 4.69) is 26.9 Å². The van der Waals surface area contributed by atoms with Crippen LogP contribution in [-0.4, -0.2) is 24.5 Å². The van der Waals surface area contributed by atoms with Gasteiger partial charge in [-0.05, 0) is 36.1 Å². The largest absolute Gasteiger partial charge is 0.382 e. The third kappa shape index (κ3) is 4.04. The zero-order valence-corrected chi connectivity index (χ0v) is 18.0. The van der Waals surface area contributed by atoms with Gasteiger partial charge in [0.2, 0.25) is 0 Å². The first-order chi connectivity index (χ1) is 15.5. The van der Waals surface area contributed by atoms with E-state index >= 15 is 0 Å². The van der Waals surface area contributed by atoms with E-state index in [1.54, 1.807) is 10.6 Å². The topological polar surface area (TPSA) is 102 Å². The van der Waals surface area contributed by atoms with Gasteiger partial charge in [-0.15, -0.1) is 0 Å². The lowest BCUT2D eigenvalue weighted by atomic mass is 10.1. The maximum atomic E-state index is 13.7. The number of halogens is 2. The molecule has 0 fully saturated rings. The second-order valence-corrected chi connectivity index (χ2v) is 7.43. The van der Waals surface area contributed by atoms with Crippen molar-refractivity contribution in [1.82, 2.24) is 24.5 Å². The van der Waals surface area contributed by atoms with Crippen LogP contribution in [0.2, 0.25) is 5.02 Å². The number of aromatic nitrogens is 5. The molecule has 9 heteroatoms. The van der Waals surface area contributed by atoms with Gasteiger partial charge in [-0.3, -0.25) is 9.36 Å². The summed E-state index contributed by atoms with van der Waals surface area (Å²) >= 11 is 6.03. The Morgan fingerprint density at radius 3 is 2.62 bits per heavy atom. The molecule has 3 N–H and O–H groups in total. The highest BCUT2D eigenvalue weighted by Gasteiger charge is 2.15. The Kier molecular flexibility index (Phi) is 6.13. The number of hydrogen-bond donors (Lipinski definition) is 2. The fourth-order valence-corrected chi connectivity index (χ4v) is 3.73. The van der Waals surface area contributed by atoms with Gasteiger partial charge in [-0.1, -0.05) is 49.2 Å². The number of hydrogen-bond acceptors (Lipinski definition) is 5. The highest BCUT2D eigenvalue weighted by molar-refractivity contribution is 6.35. The molecule has 5 aromatic rings. The Bertz CT molecular complexity index is 1450. The molecule has 3 heterocycles. The van der Waals surface area contributed by atoms with Crippen molar-refractivity contribution in [2.24, 2.45) is 0 Å². The summed E-state index contributed by atoms with van der Waals surface area (Å²) in [6.07, 6.45) is 4.59. The van der Waals surface area contributed by atoms with Crippen molar-refractivity contribution in [3.05, 3.63) is 88.1 Å². The van der Waals surface area contributed by atoms with E-state index in [0.717, 1.165) is 24.2 Å². The molecule has 32 heavy (non-hydrogen) atoms. The van der Waals surface area contributed by atoms with Gasteiger partial charge in [0.1, 0.15) is 17.7 Å². The maximum absolute atomic E-state index is 13.7. The van der Waals surface area contributed by atoms with Crippen molar-refractivity contribution in [3.63, 3.8) is 0 Å². The van der Waals surface area contributed by atoms with Crippen LogP contribution in [-0.2, 0) is 6.42 Å². The summed E-state index contributed by atoms with van der Waals surface area (Å²) in [5.74, 6) is -0.142. The standard InChI is InChI=1S/C18H15ClFNO.C5H5N5/c1-2-6-14-11-12-9-10-15(20)17(19)16(12)18(22)21(14)13-7-4-3-5-8-13;6-4-3-5(9-1-7-3)10-2-8-4/h3-5,7-11H,2,6H2,1H3;1-2H,(H3,6,7,8,9,10). The van der Waals surface area contributed by atoms with Crippen LogP contribution in [0.4, 0.5) is 10.2 Å². The number of H-pyrrole nitrogens is 1. The normalized spacial score (nSPS) is 10.8. The first-order valence-corrected chi connectivity index (χ1v) is 10.4. The average molecular weight is 451 g/mol. The second-order valence-electron chi connectivity index (χ2n) is 7.05. The van der Waals surface area contributed by atoms with Crippen LogP contribution >= 0.6 is 11.6 Å². The van der Waals surface area contributed by atoms with Crippen LogP contribution < -0.4 is 11.3 Å². The first-order valence-electron chi connectivity index (χ1n) is 9.99. The van der Waals surface area contributed by atoms with E-state index in [9.17, 15) is 9.18 Å². The molecular formula is C23H20ClFN6O. The molecule has 5 rings (SSSR count). The van der Waals surface area contributed by atoms with E-state index in [1.165, 1.54) is 18.7 Å². The summed E-state index contributed by atoms with van der Waals surface area (Å²) in [6.45, 7) is 2.06. The molecule has 162 valence electrons. The minimum absolute atomic E-state index is 0.116. The summed E-state index contributed by atoms with van der Waals surface area (Å²) in [4.78, 5) is 27.3. The lowest BCUT2D eigenvalue weighted by molar-refractivity contribution is 0.630. The number of nitrogens with zero attached hydrogens (tertiary/aromatic N) is 4. The van der Waals surface area contributed by atoms with E-state index in [1.807, 2.05) is 36.4 Å². The Labute approximate surface area is 187 Å². The van der Waals surface area contributed by atoms with Crippen molar-refractivity contribution in [1.29, 1.82) is 0 Å². The minimum Gasteiger partial charge on any atom is -0.382 e. The predicted octanol–water partition coefficient (Wildman–Crippen LogP) is 4.67. The number of anilines is 1. The van der Waals surface area contributed by atoms with Gasteiger partial charge < -0.3 is 10.7 Å². The lowest BCUT2D eigenvalue weighted by Gasteiger charge is -2.15. The minimum atomic E-state index is -0.575. The van der Waals surface area contributed by atoms with Gasteiger partial charge in [-0.2, -0.15) is 0 Å². The van der Waals surface area contributed by atoms with Crippen molar-refractivity contribution >= 4 is 39.4 Å². The van der Waals surface area contributed by atoms with Crippen molar-refractivity contribution in [2.45, 2.75) is 19.8 Å². The molecule has 0 unspecified atom stereocenters. The molecule has 0 aliphatic heterocycles. The summed E-state index contributed by atoms with van der Waals surface area (Å²) in [5.41, 5.74) is 8.16. The van der Waals surface area contributed by atoms with Gasteiger partial charge in [0, 0.05) is 11.4 Å². The monoisotopic (exact) mass is 450 g/mol. The van der Waals surface area contributed by atoms with Gasteiger partial charge in [0.15, 0.2) is 11.5 Å². The molecule has 0 radical (unpaired) electrons. The molecule has 0 saturated heterocycles. The van der Waals surface area contributed by atoms with Crippen LogP contribution in [0.15, 0.2) is 66.0 Å². The predicted molar refractivity (Wildman–Crippen MR) is 125 cm³/mol. The molecule has 0 aliphatic rings. The molecule has 3 aromatic heterocycles. The average Bonchev–Trinajstić information content (AvgIpc) is 3.28. The van der Waals surface area contributed by atoms with Crippen molar-refractivity contribution in [2.75, 3.05) is 5.73 Å². The Hall–Kier alpha value is -3.78. The maximum Gasteiger partial charge on any atom is 0.264 e. The lowest BCUT2D eigenvalue weighted by Crippen LogP contribution is -2.22. The zero-order chi connectivity index (χ0) is 22.7. The molecule has 0 saturated carbocycles. The number of aryl methyl sites for hydroxylation is 1. The SMILES string of the molecule is CCCc1cc2ccc(F)c(Cl)c2c(=O)n1-c1ccccc1.Nc1ncnc2nc[nH]c12. The fourth-order valence-electron chi connectivity index (χ4n) is 3.47. The van der Waals surface area contributed by atoms with Crippen molar-refractivity contribution in [3.8, 4) is 5.69 Å². The van der Waals surface area contributed by atoms with Crippen LogP contribution in [0.5, 0.6) is 0 Å². The number of aromatic amines is 1. The van der Waals surface area contributed by atoms with Crippen LogP contribution in [0.3, 0.4) is 0 Å². The third-order valence-electron chi connectivity index (χ3n) is 4.93. The molecule has 0 atom stereocenters. The quantitative estimate of drug-likeness (QED) is 0.415. The summed E-state index contributed by atoms with van der Waals surface area (Å²) < 4.78 is 15.4. The summed E-state index contributed by atoms with van der Waals surface area (Å²) in [7, 11) is 0. The van der Waals surface area contributed by atoms with Gasteiger partial charge in [0.25, 0.3) is 5.56 Å². The fraction of sp³-hybridized carbons (Fsp3) is 0.130. The van der Waals surface area contributed by atoms with Gasteiger partial charge in [0.05, 0.1) is 16.7 Å². The smallest absolute Gasteiger partial charge is 0.264 e. The number of imidazole rings is 1. The molecular weight excluding hydrogens is 431 g/mol. The molecule has 0 aliphatic carbocycles. The number of nitrogens with one attached hydrogen (secondary N) is 1. The van der Waals surface area contributed by atoms with E-state index in [4.69, 9.17) is 17.3 Å². The van der Waals surface area contributed by atoms with Crippen LogP contribution in [0, 0.1) is 5.82 Å². The van der Waals surface area contributed by atoms with Crippen LogP contribution in [0.1, 0.15) is 19.0 Å². The number of pyridine rings is 1. The second kappa shape index (κ2) is 9.15. The molecule has 0 bridgehead atoms. The Morgan fingerprint density at radius 2 is 1.91 bits per heavy atom. The van der Waals surface area contributed by atoms with E-state index in [0.29, 0.717) is 22.4 Å². The number of fused-ring (bicyclic) bond motifs is 2. The zero-order valence-electron chi connectivity index (χ0n) is 17.2. The summed E-state index contributed by atoms with van der Waals surface area (Å²) in [5, 5.41) is 0.785. The molecule has 2 aromatic carbocycles. The van der Waals surface area contributed by atoms with Gasteiger partial charge >= 0.3 is 0 Å². The number of rotatable bonds is 3. The highest BCUT2D eigenvalue weighted by Crippen LogP contribution is 2.25.